The maximum atomic E-state index is 13.8. The third kappa shape index (κ3) is 5.62. The number of hydrogen-bond donors (Lipinski definition) is 1. The van der Waals surface area contributed by atoms with Crippen molar-refractivity contribution in [3.63, 3.8) is 0 Å². The van der Waals surface area contributed by atoms with Crippen molar-refractivity contribution < 1.29 is 33.0 Å². The average Bonchev–Trinajstić information content (AvgIpc) is 3.58. The Morgan fingerprint density at radius 3 is 2.62 bits per heavy atom. The van der Waals surface area contributed by atoms with Gasteiger partial charge in [-0.15, -0.1) is 0 Å². The maximum absolute atomic E-state index is 13.8. The summed E-state index contributed by atoms with van der Waals surface area (Å²) in [6.07, 6.45) is 2.68. The summed E-state index contributed by atoms with van der Waals surface area (Å²) >= 11 is 0. The first kappa shape index (κ1) is 27.1. The van der Waals surface area contributed by atoms with E-state index in [-0.39, 0.29) is 30.5 Å². The summed E-state index contributed by atoms with van der Waals surface area (Å²) in [7, 11) is 1.62. The van der Waals surface area contributed by atoms with Crippen LogP contribution in [0.5, 0.6) is 11.5 Å². The van der Waals surface area contributed by atoms with Crippen LogP contribution in [0.1, 0.15) is 75.4 Å². The Hall–Kier alpha value is -3.52. The fourth-order valence-electron chi connectivity index (χ4n) is 5.75. The van der Waals surface area contributed by atoms with Crippen molar-refractivity contribution in [3.05, 3.63) is 70.0 Å². The summed E-state index contributed by atoms with van der Waals surface area (Å²) in [6.45, 7) is 8.52. The average molecular weight is 536 g/mol. The van der Waals surface area contributed by atoms with Crippen molar-refractivity contribution in [1.29, 1.82) is 0 Å². The standard InChI is InChI=1S/C31H37NO7/c1-17(2)38-25-11-9-20(15-27(25)35-5)21-13-23-29(24(33)14-21)30(26-10-8-18(3)39-26)28(19(4)32-23)31(34)37-16-22-7-6-12-36-22/h8-11,15,17,21-22,30,32H,6-7,12-14,16H2,1-5H3/t21-,22+,30+/m1/s1. The Morgan fingerprint density at radius 1 is 1.13 bits per heavy atom. The molecule has 5 rings (SSSR count). The molecule has 0 spiro atoms. The van der Waals surface area contributed by atoms with Gasteiger partial charge in [0, 0.05) is 30.0 Å². The quantitative estimate of drug-likeness (QED) is 0.445. The molecule has 0 bridgehead atoms. The second kappa shape index (κ2) is 11.3. The lowest BCUT2D eigenvalue weighted by molar-refractivity contribution is -0.142. The maximum Gasteiger partial charge on any atom is 0.336 e. The molecule has 1 aliphatic carbocycles. The molecule has 0 amide bonds. The van der Waals surface area contributed by atoms with E-state index in [4.69, 9.17) is 23.4 Å². The summed E-state index contributed by atoms with van der Waals surface area (Å²) in [4.78, 5) is 27.2. The second-order valence-corrected chi connectivity index (χ2v) is 10.8. The molecule has 8 nitrogen and oxygen atoms in total. The Kier molecular flexibility index (Phi) is 7.84. The van der Waals surface area contributed by atoms with E-state index < -0.39 is 11.9 Å². The number of ether oxygens (including phenoxy) is 4. The number of benzene rings is 1. The van der Waals surface area contributed by atoms with Crippen LogP contribution in [-0.4, -0.2) is 44.3 Å². The Balaban J connectivity index is 1.45. The van der Waals surface area contributed by atoms with Gasteiger partial charge in [-0.3, -0.25) is 4.79 Å². The van der Waals surface area contributed by atoms with Crippen molar-refractivity contribution in [2.45, 2.75) is 77.4 Å². The predicted molar refractivity (Wildman–Crippen MR) is 145 cm³/mol. The summed E-state index contributed by atoms with van der Waals surface area (Å²) in [5.41, 5.74) is 3.45. The summed E-state index contributed by atoms with van der Waals surface area (Å²) < 4.78 is 28.8. The number of carbonyl (C=O) groups is 2. The molecular formula is C31H37NO7. The van der Waals surface area contributed by atoms with Crippen molar-refractivity contribution in [2.75, 3.05) is 20.3 Å². The van der Waals surface area contributed by atoms with E-state index in [9.17, 15) is 9.59 Å². The number of hydrogen-bond acceptors (Lipinski definition) is 8. The molecule has 208 valence electrons. The highest BCUT2D eigenvalue weighted by molar-refractivity contribution is 6.04. The number of aryl methyl sites for hydroxylation is 1. The van der Waals surface area contributed by atoms with Crippen LogP contribution in [-0.2, 0) is 19.1 Å². The van der Waals surface area contributed by atoms with Crippen LogP contribution in [0.3, 0.4) is 0 Å². The number of furan rings is 1. The normalized spacial score (nSPS) is 23.1. The number of ketones is 1. The first-order valence-corrected chi connectivity index (χ1v) is 13.7. The molecule has 0 saturated carbocycles. The highest BCUT2D eigenvalue weighted by Crippen LogP contribution is 2.47. The predicted octanol–water partition coefficient (Wildman–Crippen LogP) is 5.47. The van der Waals surface area contributed by atoms with Crippen molar-refractivity contribution in [3.8, 4) is 11.5 Å². The Labute approximate surface area is 229 Å². The van der Waals surface area contributed by atoms with Gasteiger partial charge in [0.1, 0.15) is 18.1 Å². The van der Waals surface area contributed by atoms with E-state index >= 15 is 0 Å². The largest absolute Gasteiger partial charge is 0.493 e. The van der Waals surface area contributed by atoms with E-state index in [1.807, 2.05) is 58.0 Å². The highest BCUT2D eigenvalue weighted by Gasteiger charge is 2.43. The fraction of sp³-hybridized carbons (Fsp3) is 0.484. The van der Waals surface area contributed by atoms with Gasteiger partial charge in [0.25, 0.3) is 0 Å². The molecule has 0 unspecified atom stereocenters. The SMILES string of the molecule is COc1cc([C@H]2CC(=O)C3=C(C2)NC(C)=C(C(=O)OC[C@@H]2CCCO2)[C@@H]3c2ccc(C)o2)ccc1OC(C)C. The topological polar surface area (TPSA) is 96.2 Å². The van der Waals surface area contributed by atoms with Gasteiger partial charge < -0.3 is 28.7 Å². The molecule has 39 heavy (non-hydrogen) atoms. The Bertz CT molecular complexity index is 1310. The smallest absolute Gasteiger partial charge is 0.336 e. The molecule has 0 radical (unpaired) electrons. The minimum atomic E-state index is -0.628. The van der Waals surface area contributed by atoms with E-state index in [1.165, 1.54) is 0 Å². The van der Waals surface area contributed by atoms with Crippen molar-refractivity contribution in [1.82, 2.24) is 5.32 Å². The van der Waals surface area contributed by atoms with Gasteiger partial charge in [-0.2, -0.15) is 0 Å². The minimum Gasteiger partial charge on any atom is -0.493 e. The summed E-state index contributed by atoms with van der Waals surface area (Å²) in [6, 6.07) is 9.54. The van der Waals surface area contributed by atoms with Gasteiger partial charge >= 0.3 is 5.97 Å². The van der Waals surface area contributed by atoms with Crippen LogP contribution in [0, 0.1) is 6.92 Å². The van der Waals surface area contributed by atoms with Crippen LogP contribution in [0.2, 0.25) is 0 Å². The summed E-state index contributed by atoms with van der Waals surface area (Å²) in [5, 5.41) is 3.39. The van der Waals surface area contributed by atoms with E-state index in [0.29, 0.717) is 59.3 Å². The number of methoxy groups -OCH3 is 1. The van der Waals surface area contributed by atoms with E-state index in [0.717, 1.165) is 24.1 Å². The van der Waals surface area contributed by atoms with Crippen LogP contribution in [0.25, 0.3) is 0 Å². The molecule has 2 aromatic rings. The number of rotatable bonds is 8. The highest BCUT2D eigenvalue weighted by atomic mass is 16.6. The van der Waals surface area contributed by atoms with Crippen LogP contribution < -0.4 is 14.8 Å². The Morgan fingerprint density at radius 2 is 1.95 bits per heavy atom. The molecule has 3 atom stereocenters. The van der Waals surface area contributed by atoms with Gasteiger partial charge in [0.05, 0.1) is 30.8 Å². The first-order chi connectivity index (χ1) is 18.7. The molecule has 1 N–H and O–H groups in total. The molecular weight excluding hydrogens is 498 g/mol. The number of nitrogens with one attached hydrogen (secondary N) is 1. The zero-order valence-electron chi connectivity index (χ0n) is 23.3. The van der Waals surface area contributed by atoms with Crippen LogP contribution in [0.4, 0.5) is 0 Å². The zero-order chi connectivity index (χ0) is 27.7. The van der Waals surface area contributed by atoms with Gasteiger partial charge in [-0.25, -0.2) is 4.79 Å². The van der Waals surface area contributed by atoms with Gasteiger partial charge in [-0.1, -0.05) is 6.07 Å². The molecule has 1 aromatic heterocycles. The van der Waals surface area contributed by atoms with E-state index in [2.05, 4.69) is 5.32 Å². The molecule has 1 aromatic carbocycles. The molecule has 8 heteroatoms. The third-order valence-electron chi connectivity index (χ3n) is 7.54. The van der Waals surface area contributed by atoms with E-state index in [1.54, 1.807) is 7.11 Å². The molecule has 1 saturated heterocycles. The lowest BCUT2D eigenvalue weighted by Gasteiger charge is -2.36. The minimum absolute atomic E-state index is 0.0173. The monoisotopic (exact) mass is 535 g/mol. The van der Waals surface area contributed by atoms with Gasteiger partial charge in [0.15, 0.2) is 17.3 Å². The lowest BCUT2D eigenvalue weighted by atomic mass is 9.73. The molecule has 2 aliphatic heterocycles. The third-order valence-corrected chi connectivity index (χ3v) is 7.54. The van der Waals surface area contributed by atoms with Crippen molar-refractivity contribution in [2.24, 2.45) is 0 Å². The van der Waals surface area contributed by atoms with Crippen LogP contribution >= 0.6 is 0 Å². The van der Waals surface area contributed by atoms with Crippen LogP contribution in [0.15, 0.2) is 57.3 Å². The molecule has 3 aliphatic rings. The van der Waals surface area contributed by atoms with Gasteiger partial charge in [-0.05, 0) is 82.7 Å². The zero-order valence-corrected chi connectivity index (χ0v) is 23.3. The molecule has 3 heterocycles. The number of carbonyl (C=O) groups excluding carboxylic acids is 2. The number of dihydropyridines is 1. The number of esters is 1. The summed E-state index contributed by atoms with van der Waals surface area (Å²) in [5.74, 6) is 1.43. The van der Waals surface area contributed by atoms with Gasteiger partial charge in [0.2, 0.25) is 0 Å². The number of allylic oxidation sites excluding steroid dienone is 3. The second-order valence-electron chi connectivity index (χ2n) is 10.8. The lowest BCUT2D eigenvalue weighted by Crippen LogP contribution is -2.36. The number of Topliss-reactive ketones (excluding diaryl/α,β-unsaturated/α-hetero) is 1. The van der Waals surface area contributed by atoms with Crippen molar-refractivity contribution >= 4 is 11.8 Å². The first-order valence-electron chi connectivity index (χ1n) is 13.7. The fourth-order valence-corrected chi connectivity index (χ4v) is 5.75. The molecule has 1 fully saturated rings.